The zero-order chi connectivity index (χ0) is 22.5. The molecular weight excluding hydrogens is 412 g/mol. The van der Waals surface area contributed by atoms with E-state index in [0.29, 0.717) is 5.92 Å². The number of rotatable bonds is 3. The molecule has 0 spiro atoms. The third kappa shape index (κ3) is 5.03. The Labute approximate surface area is 185 Å². The second-order valence-electron chi connectivity index (χ2n) is 8.01. The van der Waals surface area contributed by atoms with Gasteiger partial charge in [-0.2, -0.15) is 0 Å². The monoisotopic (exact) mass is 438 g/mol. The van der Waals surface area contributed by atoms with E-state index >= 15 is 0 Å². The Hall–Kier alpha value is -3.52. The summed E-state index contributed by atoms with van der Waals surface area (Å²) in [6, 6.07) is 16.9. The normalized spacial score (nSPS) is 18.3. The molecule has 0 radical (unpaired) electrons. The lowest BCUT2D eigenvalue weighted by molar-refractivity contribution is -0.159. The molecule has 32 heavy (non-hydrogen) atoms. The number of carboxylic acids is 2. The maximum atomic E-state index is 9.10. The fourth-order valence-corrected chi connectivity index (χ4v) is 4.33. The van der Waals surface area contributed by atoms with Crippen molar-refractivity contribution in [3.8, 4) is 5.75 Å². The molecule has 1 aromatic carbocycles. The number of aliphatic carboxylic acids is 2. The van der Waals surface area contributed by atoms with E-state index in [2.05, 4.69) is 58.1 Å². The molecule has 4 heterocycles. The Morgan fingerprint density at radius 1 is 0.969 bits per heavy atom. The van der Waals surface area contributed by atoms with Gasteiger partial charge in [-0.1, -0.05) is 18.2 Å². The summed E-state index contributed by atoms with van der Waals surface area (Å²) in [5, 5.41) is 14.8. The summed E-state index contributed by atoms with van der Waals surface area (Å²) < 4.78 is 14.4. The van der Waals surface area contributed by atoms with Crippen LogP contribution in [0.1, 0.15) is 36.0 Å². The number of fused-ring (bicyclic) bond motifs is 2. The molecule has 1 atom stereocenters. The van der Waals surface area contributed by atoms with Gasteiger partial charge in [-0.25, -0.2) is 9.59 Å². The van der Waals surface area contributed by atoms with Crippen LogP contribution in [0.2, 0.25) is 0 Å². The van der Waals surface area contributed by atoms with Crippen LogP contribution in [0.3, 0.4) is 0 Å². The van der Waals surface area contributed by atoms with Crippen molar-refractivity contribution >= 4 is 11.9 Å². The molecule has 2 aliphatic rings. The highest BCUT2D eigenvalue weighted by Gasteiger charge is 2.33. The van der Waals surface area contributed by atoms with E-state index in [0.717, 1.165) is 50.5 Å². The average molecular weight is 438 g/mol. The predicted molar refractivity (Wildman–Crippen MR) is 115 cm³/mol. The average Bonchev–Trinajstić information content (AvgIpc) is 3.44. The highest BCUT2D eigenvalue weighted by atomic mass is 16.5. The van der Waals surface area contributed by atoms with Gasteiger partial charge in [0.05, 0.1) is 25.0 Å². The SMILES string of the molecule is O=C(O)C(=O)O.c1coc(CN2CCC(C3Oc4ccccc4Cn4cccc43)CC2)c1. The van der Waals surface area contributed by atoms with Crippen molar-refractivity contribution in [2.75, 3.05) is 13.1 Å². The number of benzene rings is 1. The van der Waals surface area contributed by atoms with Crippen molar-refractivity contribution in [3.63, 3.8) is 0 Å². The fraction of sp³-hybridized carbons (Fsp3) is 0.333. The van der Waals surface area contributed by atoms with Crippen molar-refractivity contribution in [1.29, 1.82) is 0 Å². The number of ether oxygens (including phenoxy) is 1. The molecule has 0 aliphatic carbocycles. The van der Waals surface area contributed by atoms with Gasteiger partial charge in [0.1, 0.15) is 17.6 Å². The summed E-state index contributed by atoms with van der Waals surface area (Å²) in [5.74, 6) is -1.01. The van der Waals surface area contributed by atoms with Gasteiger partial charge in [0.15, 0.2) is 0 Å². The number of nitrogens with zero attached hydrogens (tertiary/aromatic N) is 2. The van der Waals surface area contributed by atoms with Crippen LogP contribution in [0.4, 0.5) is 0 Å². The molecule has 2 N–H and O–H groups in total. The van der Waals surface area contributed by atoms with Crippen molar-refractivity contribution < 1.29 is 29.0 Å². The first-order valence-corrected chi connectivity index (χ1v) is 10.6. The molecule has 5 rings (SSSR count). The van der Waals surface area contributed by atoms with Gasteiger partial charge in [-0.3, -0.25) is 4.90 Å². The van der Waals surface area contributed by atoms with Crippen LogP contribution >= 0.6 is 0 Å². The van der Waals surface area contributed by atoms with Crippen molar-refractivity contribution in [2.24, 2.45) is 5.92 Å². The van der Waals surface area contributed by atoms with Gasteiger partial charge in [0.25, 0.3) is 0 Å². The Kier molecular flexibility index (Phi) is 6.61. The molecule has 1 saturated heterocycles. The summed E-state index contributed by atoms with van der Waals surface area (Å²) in [7, 11) is 0. The van der Waals surface area contributed by atoms with Crippen LogP contribution in [0, 0.1) is 5.92 Å². The molecule has 8 heteroatoms. The molecule has 0 bridgehead atoms. The van der Waals surface area contributed by atoms with E-state index < -0.39 is 11.9 Å². The third-order valence-corrected chi connectivity index (χ3v) is 5.93. The van der Waals surface area contributed by atoms with Crippen molar-refractivity contribution in [1.82, 2.24) is 9.47 Å². The topological polar surface area (TPSA) is 105 Å². The Bertz CT molecular complexity index is 1040. The van der Waals surface area contributed by atoms with Crippen LogP contribution in [0.25, 0.3) is 0 Å². The summed E-state index contributed by atoms with van der Waals surface area (Å²) >= 11 is 0. The van der Waals surface area contributed by atoms with E-state index in [1.165, 1.54) is 11.3 Å². The van der Waals surface area contributed by atoms with Gasteiger partial charge >= 0.3 is 11.9 Å². The quantitative estimate of drug-likeness (QED) is 0.602. The van der Waals surface area contributed by atoms with Crippen LogP contribution in [0.5, 0.6) is 5.75 Å². The molecule has 2 aliphatic heterocycles. The summed E-state index contributed by atoms with van der Waals surface area (Å²) in [6.45, 7) is 3.98. The first-order chi connectivity index (χ1) is 15.5. The number of carbonyl (C=O) groups is 2. The highest BCUT2D eigenvalue weighted by molar-refractivity contribution is 6.27. The smallest absolute Gasteiger partial charge is 0.414 e. The Morgan fingerprint density at radius 2 is 1.72 bits per heavy atom. The first-order valence-electron chi connectivity index (χ1n) is 10.6. The lowest BCUT2D eigenvalue weighted by Crippen LogP contribution is -2.36. The Morgan fingerprint density at radius 3 is 2.41 bits per heavy atom. The maximum absolute atomic E-state index is 9.10. The fourth-order valence-electron chi connectivity index (χ4n) is 4.33. The highest BCUT2D eigenvalue weighted by Crippen LogP contribution is 2.39. The number of hydrogen-bond acceptors (Lipinski definition) is 5. The molecule has 0 amide bonds. The number of likely N-dealkylation sites (tertiary alicyclic amines) is 1. The van der Waals surface area contributed by atoms with Gasteiger partial charge in [-0.15, -0.1) is 0 Å². The summed E-state index contributed by atoms with van der Waals surface area (Å²) in [4.78, 5) is 20.7. The molecule has 3 aromatic rings. The number of para-hydroxylation sites is 1. The molecule has 1 unspecified atom stereocenters. The van der Waals surface area contributed by atoms with E-state index in [1.807, 2.05) is 6.07 Å². The summed E-state index contributed by atoms with van der Waals surface area (Å²) in [5.41, 5.74) is 2.58. The number of hydrogen-bond donors (Lipinski definition) is 2. The minimum atomic E-state index is -1.82. The minimum Gasteiger partial charge on any atom is -0.484 e. The van der Waals surface area contributed by atoms with Gasteiger partial charge < -0.3 is 23.9 Å². The van der Waals surface area contributed by atoms with E-state index in [9.17, 15) is 0 Å². The van der Waals surface area contributed by atoms with Crippen LogP contribution in [-0.4, -0.2) is 44.7 Å². The van der Waals surface area contributed by atoms with Crippen LogP contribution in [0.15, 0.2) is 65.4 Å². The number of carboxylic acid groups (broad SMARTS) is 2. The van der Waals surface area contributed by atoms with Gasteiger partial charge in [0, 0.05) is 17.7 Å². The standard InChI is InChI=1S/C22H24N2O2.C2H2O4/c1-2-8-21-18(5-1)15-24-11-3-7-20(24)22(26-21)17-9-12-23(13-10-17)16-19-6-4-14-25-19;3-1(4)2(5)6/h1-8,11,14,17,22H,9-10,12-13,15-16H2;(H,3,4)(H,5,6). The van der Waals surface area contributed by atoms with Crippen molar-refractivity contribution in [3.05, 3.63) is 78.0 Å². The zero-order valence-electron chi connectivity index (χ0n) is 17.6. The van der Waals surface area contributed by atoms with Gasteiger partial charge in [0.2, 0.25) is 0 Å². The molecule has 8 nitrogen and oxygen atoms in total. The minimum absolute atomic E-state index is 0.138. The largest absolute Gasteiger partial charge is 0.484 e. The molecule has 168 valence electrons. The number of aromatic nitrogens is 1. The van der Waals surface area contributed by atoms with Crippen LogP contribution in [-0.2, 0) is 22.7 Å². The van der Waals surface area contributed by atoms with E-state index in [4.69, 9.17) is 29.0 Å². The molecule has 2 aromatic heterocycles. The molecule has 1 fully saturated rings. The lowest BCUT2D eigenvalue weighted by Gasteiger charge is -2.35. The van der Waals surface area contributed by atoms with Crippen molar-refractivity contribution in [2.45, 2.75) is 32.0 Å². The second-order valence-corrected chi connectivity index (χ2v) is 8.01. The van der Waals surface area contributed by atoms with Crippen LogP contribution < -0.4 is 4.74 Å². The molecular formula is C24H26N2O6. The number of furan rings is 1. The van der Waals surface area contributed by atoms with E-state index in [1.54, 1.807) is 6.26 Å². The first kappa shape index (κ1) is 21.7. The lowest BCUT2D eigenvalue weighted by atomic mass is 9.89. The third-order valence-electron chi connectivity index (χ3n) is 5.93. The Balaban J connectivity index is 0.000000363. The maximum Gasteiger partial charge on any atom is 0.414 e. The number of piperidine rings is 1. The second kappa shape index (κ2) is 9.74. The van der Waals surface area contributed by atoms with E-state index in [-0.39, 0.29) is 6.10 Å². The van der Waals surface area contributed by atoms with Gasteiger partial charge in [-0.05, 0) is 56.3 Å². The molecule has 0 saturated carbocycles. The predicted octanol–water partition coefficient (Wildman–Crippen LogP) is 3.63. The summed E-state index contributed by atoms with van der Waals surface area (Å²) in [6.07, 6.45) is 6.38. The zero-order valence-corrected chi connectivity index (χ0v) is 17.6.